The first-order valence-corrected chi connectivity index (χ1v) is 43.6. The molecule has 618 valence electrons. The van der Waals surface area contributed by atoms with Crippen molar-refractivity contribution < 1.29 is 22.0 Å². The second kappa shape index (κ2) is 31.0. The third-order valence-electron chi connectivity index (χ3n) is 26.7. The lowest BCUT2D eigenvalue weighted by molar-refractivity contribution is -0.479. The number of hydrogen-bond acceptors (Lipinski definition) is 2. The maximum atomic E-state index is 4.55. The van der Waals surface area contributed by atoms with Gasteiger partial charge in [0.25, 0.3) is 28.2 Å². The van der Waals surface area contributed by atoms with Crippen molar-refractivity contribution in [2.24, 2.45) is 56.4 Å². The molecule has 15 nitrogen and oxygen atoms in total. The average molecular weight is 1660 g/mol. The van der Waals surface area contributed by atoms with E-state index in [0.29, 0.717) is 0 Å². The fourth-order valence-electron chi connectivity index (χ4n) is 20.4. The topological polar surface area (TPSA) is 85.7 Å². The highest BCUT2D eigenvalue weighted by Gasteiger charge is 2.31. The van der Waals surface area contributed by atoms with Gasteiger partial charge in [-0.1, -0.05) is 231 Å². The molecular formula is C112H100N15+5. The zero-order chi connectivity index (χ0) is 87.1. The second-order valence-corrected chi connectivity index (χ2v) is 34.3. The van der Waals surface area contributed by atoms with Crippen molar-refractivity contribution in [3.63, 3.8) is 0 Å². The molecule has 25 rings (SSSR count). The predicted molar refractivity (Wildman–Crippen MR) is 521 cm³/mol. The van der Waals surface area contributed by atoms with E-state index in [1.54, 1.807) is 0 Å². The van der Waals surface area contributed by atoms with Crippen LogP contribution < -0.4 is 22.0 Å². The normalized spacial score (nSPS) is 11.7. The summed E-state index contributed by atoms with van der Waals surface area (Å²) in [6.45, 7) is 15.3. The van der Waals surface area contributed by atoms with Gasteiger partial charge in [0.05, 0.1) is 80.4 Å². The van der Waals surface area contributed by atoms with E-state index in [2.05, 4.69) is 469 Å². The fraction of sp³-hybridized carbons (Fsp3) is 0.134. The van der Waals surface area contributed by atoms with Crippen molar-refractivity contribution in [2.45, 2.75) is 48.5 Å². The molecule has 0 amide bonds. The number of fused-ring (bicyclic) bond motifs is 30. The van der Waals surface area contributed by atoms with E-state index in [4.69, 9.17) is 0 Å². The third kappa shape index (κ3) is 12.6. The Labute approximate surface area is 736 Å². The molecule has 15 heteroatoms. The van der Waals surface area contributed by atoms with Gasteiger partial charge in [-0.05, 0) is 130 Å². The number of para-hydroxylation sites is 5. The highest BCUT2D eigenvalue weighted by molar-refractivity contribution is 6.15. The zero-order valence-corrected chi connectivity index (χ0v) is 74.5. The highest BCUT2D eigenvalue weighted by atomic mass is 15.2. The van der Waals surface area contributed by atoms with E-state index < -0.39 is 0 Å². The molecule has 0 saturated heterocycles. The maximum Gasteiger partial charge on any atom is 0.295 e. The summed E-state index contributed by atoms with van der Waals surface area (Å²) in [4.78, 5) is 8.85. The summed E-state index contributed by atoms with van der Waals surface area (Å²) >= 11 is 0. The average Bonchev–Trinajstić information content (AvgIpc) is 1.63. The largest absolute Gasteiger partial charge is 0.348 e. The lowest BCUT2D eigenvalue weighted by Gasteiger charge is -2.06. The quantitative estimate of drug-likeness (QED) is 0.127. The molecule has 0 radical (unpaired) electrons. The predicted octanol–water partition coefficient (Wildman–Crippen LogP) is 22.7. The smallest absolute Gasteiger partial charge is 0.295 e. The van der Waals surface area contributed by atoms with Crippen molar-refractivity contribution in [1.29, 1.82) is 0 Å². The van der Waals surface area contributed by atoms with Crippen LogP contribution in [-0.2, 0) is 56.4 Å². The Hall–Kier alpha value is -15.6. The van der Waals surface area contributed by atoms with Crippen molar-refractivity contribution in [3.8, 4) is 56.8 Å². The standard InChI is InChI=1S/2C24H21N2.C22H20N3.2C21H19N4/c2*1-16-9-4-5-11-18(16)22-15-26-21-14-7-6-12-19(21)20-13-8-10-17(2)23(20)24(26)25(22)3;1-15-8-6-10-17-16-9-4-5-11-18(16)25-14-20(19-12-7-13-23(19)2)24(3)22(25)21(15)17;1-14-7-6-9-16-15-8-4-5-10-17(15)25-12-19(18-11-22-13-23(18)2)24(3)21(25)20(14)16;1-14-7-6-9-16-15-8-4-5-10-17(15)25-13-18(20-22-11-12-23(20)2)24(3)21(25)19(14)16/h2*4-15H,1-3H3;4-14H,1-3H3;2*4-13H,1-3H3/q5*+1. The molecule has 12 aromatic carbocycles. The van der Waals surface area contributed by atoms with Crippen LogP contribution in [0.4, 0.5) is 0 Å². The van der Waals surface area contributed by atoms with Crippen LogP contribution >= 0.6 is 0 Å². The van der Waals surface area contributed by atoms with Gasteiger partial charge in [-0.2, -0.15) is 22.0 Å². The molecule has 0 aliphatic heterocycles. The lowest BCUT2D eigenvalue weighted by Crippen LogP contribution is -2.21. The number of nitrogens with zero attached hydrogens (tertiary/aromatic N) is 15. The summed E-state index contributed by atoms with van der Waals surface area (Å²) in [6.07, 6.45) is 21.0. The van der Waals surface area contributed by atoms with E-state index >= 15 is 0 Å². The summed E-state index contributed by atoms with van der Waals surface area (Å²) in [5, 5.41) is 19.6. The molecule has 0 unspecified atom stereocenters. The van der Waals surface area contributed by atoms with Crippen LogP contribution in [0.2, 0.25) is 0 Å². The van der Waals surface area contributed by atoms with Crippen molar-refractivity contribution in [3.05, 3.63) is 374 Å². The summed E-state index contributed by atoms with van der Waals surface area (Å²) in [5.74, 6) is 0.969. The SMILES string of the molecule is Cc1cccc2c3ccccc3[n+]3cc(-c4cccn4C)n(C)c3c12.Cc1cccc2c3ccccc3[n+]3cc(-c4cncn4C)n(C)c3c12.Cc1cccc2c3ccccc3[n+]3cc(-c4nccn4C)n(C)c3c12.Cc1ccccc1-c1c[n+]2c3ccccc3c3cccc(C)c3c2n1C.Cc1ccccc1-c1c[n+]2c3ccccc3c3cccc(C)c3c2n1C. The monoisotopic (exact) mass is 1650 g/mol. The molecular weight excluding hydrogens is 1560 g/mol. The van der Waals surface area contributed by atoms with Gasteiger partial charge < -0.3 is 13.7 Å². The lowest BCUT2D eigenvalue weighted by atomic mass is 10.0. The first-order chi connectivity index (χ1) is 61.8. The summed E-state index contributed by atoms with van der Waals surface area (Å²) in [5.41, 5.74) is 32.2. The molecule has 0 saturated carbocycles. The van der Waals surface area contributed by atoms with Gasteiger partial charge in [-0.3, -0.25) is 0 Å². The number of aromatic nitrogens is 15. The Morgan fingerprint density at radius 1 is 0.220 bits per heavy atom. The minimum Gasteiger partial charge on any atom is -0.348 e. The van der Waals surface area contributed by atoms with E-state index in [1.165, 1.54) is 209 Å². The van der Waals surface area contributed by atoms with Crippen LogP contribution in [0.5, 0.6) is 0 Å². The molecule has 0 aliphatic rings. The number of aryl methyl sites for hydroxylation is 15. The Morgan fingerprint density at radius 3 is 0.795 bits per heavy atom. The van der Waals surface area contributed by atoms with Gasteiger partial charge in [-0.15, -0.1) is 0 Å². The van der Waals surface area contributed by atoms with Crippen LogP contribution in [0.1, 0.15) is 38.9 Å². The number of benzene rings is 12. The molecule has 0 aliphatic carbocycles. The molecule has 0 N–H and O–H groups in total. The molecule has 127 heavy (non-hydrogen) atoms. The minimum atomic E-state index is 0.969. The Kier molecular flexibility index (Phi) is 19.2. The molecule has 0 atom stereocenters. The van der Waals surface area contributed by atoms with Gasteiger partial charge in [0.2, 0.25) is 5.69 Å². The molecule has 25 aromatic rings. The maximum absolute atomic E-state index is 4.55. The first kappa shape index (κ1) is 78.6. The van der Waals surface area contributed by atoms with Crippen molar-refractivity contribution in [1.82, 2.24) is 46.5 Å². The molecule has 13 heterocycles. The summed E-state index contributed by atoms with van der Waals surface area (Å²) < 4.78 is 29.5. The van der Waals surface area contributed by atoms with Crippen LogP contribution in [0.25, 0.3) is 193 Å². The molecule has 0 fully saturated rings. The molecule has 0 spiro atoms. The van der Waals surface area contributed by atoms with Gasteiger partial charge in [0.15, 0.2) is 28.6 Å². The van der Waals surface area contributed by atoms with Crippen LogP contribution in [-0.4, -0.2) is 46.5 Å². The van der Waals surface area contributed by atoms with E-state index in [9.17, 15) is 0 Å². The zero-order valence-electron chi connectivity index (χ0n) is 74.5. The number of pyridine rings is 5. The van der Waals surface area contributed by atoms with Crippen molar-refractivity contribution >= 4 is 137 Å². The van der Waals surface area contributed by atoms with Gasteiger partial charge in [0.1, 0.15) is 64.3 Å². The fourth-order valence-corrected chi connectivity index (χ4v) is 20.4. The Morgan fingerprint density at radius 2 is 0.496 bits per heavy atom. The summed E-state index contributed by atoms with van der Waals surface area (Å²) in [7, 11) is 16.9. The van der Waals surface area contributed by atoms with Gasteiger partial charge in [0, 0.05) is 105 Å². The molecule has 0 bridgehead atoms. The van der Waals surface area contributed by atoms with Crippen LogP contribution in [0, 0.1) is 48.5 Å². The van der Waals surface area contributed by atoms with Crippen LogP contribution in [0.3, 0.4) is 0 Å². The van der Waals surface area contributed by atoms with E-state index in [-0.39, 0.29) is 0 Å². The van der Waals surface area contributed by atoms with E-state index in [0.717, 1.165) is 22.9 Å². The number of rotatable bonds is 5. The Balaban J connectivity index is 0.0000000967. The third-order valence-corrected chi connectivity index (χ3v) is 26.7. The Bertz CT molecular complexity index is 8120. The number of hydrogen-bond donors (Lipinski definition) is 0. The van der Waals surface area contributed by atoms with Crippen LogP contribution in [0.15, 0.2) is 335 Å². The highest BCUT2D eigenvalue weighted by Crippen LogP contribution is 2.39. The van der Waals surface area contributed by atoms with Gasteiger partial charge >= 0.3 is 0 Å². The van der Waals surface area contributed by atoms with Crippen molar-refractivity contribution in [2.75, 3.05) is 0 Å². The first-order valence-electron chi connectivity index (χ1n) is 43.6. The summed E-state index contributed by atoms with van der Waals surface area (Å²) in [6, 6.07) is 97.7. The van der Waals surface area contributed by atoms with Gasteiger partial charge in [-0.25, -0.2) is 32.8 Å². The minimum absolute atomic E-state index is 0.969. The van der Waals surface area contributed by atoms with E-state index in [1.807, 2.05) is 39.0 Å². The second-order valence-electron chi connectivity index (χ2n) is 34.3. The molecule has 13 aromatic heterocycles. The number of imidazole rings is 7.